The Morgan fingerprint density at radius 1 is 1.10 bits per heavy atom. The number of methoxy groups -OCH3 is 1. The Morgan fingerprint density at radius 2 is 1.90 bits per heavy atom. The summed E-state index contributed by atoms with van der Waals surface area (Å²) >= 11 is 1.90. The molecule has 2 nitrogen and oxygen atoms in total. The van der Waals surface area contributed by atoms with Crippen molar-refractivity contribution in [2.45, 2.75) is 4.90 Å². The van der Waals surface area contributed by atoms with Crippen molar-refractivity contribution in [2.75, 3.05) is 26.5 Å². The molecule has 1 aliphatic rings. The molecule has 3 heteroatoms. The van der Waals surface area contributed by atoms with E-state index in [-0.39, 0.29) is 0 Å². The monoisotopic (exact) mass is 284 g/mol. The van der Waals surface area contributed by atoms with E-state index in [2.05, 4.69) is 54.1 Å². The molecular weight excluding hydrogens is 266 g/mol. The summed E-state index contributed by atoms with van der Waals surface area (Å²) in [5, 5.41) is 0. The first-order valence-corrected chi connectivity index (χ1v) is 7.73. The van der Waals surface area contributed by atoms with Crippen LogP contribution in [0, 0.1) is 0 Å². The number of hydrogen-bond acceptors (Lipinski definition) is 2. The van der Waals surface area contributed by atoms with Gasteiger partial charge in [-0.25, -0.2) is 4.58 Å². The van der Waals surface area contributed by atoms with E-state index >= 15 is 0 Å². The highest BCUT2D eigenvalue weighted by molar-refractivity contribution is 7.99. The quantitative estimate of drug-likeness (QED) is 0.785. The van der Waals surface area contributed by atoms with Gasteiger partial charge in [0, 0.05) is 10.5 Å². The molecule has 0 aromatic heterocycles. The first-order valence-electron chi connectivity index (χ1n) is 6.74. The van der Waals surface area contributed by atoms with Gasteiger partial charge in [-0.15, -0.1) is 11.8 Å². The third-order valence-corrected chi connectivity index (χ3v) is 4.59. The molecule has 3 rings (SSSR count). The van der Waals surface area contributed by atoms with Crippen molar-refractivity contribution in [2.24, 2.45) is 0 Å². The van der Waals surface area contributed by atoms with E-state index in [1.807, 2.05) is 17.8 Å². The molecule has 2 aromatic rings. The van der Waals surface area contributed by atoms with Crippen LogP contribution < -0.4 is 4.74 Å². The van der Waals surface area contributed by atoms with Crippen molar-refractivity contribution >= 4 is 17.5 Å². The molecule has 0 bridgehead atoms. The fourth-order valence-corrected chi connectivity index (χ4v) is 3.63. The van der Waals surface area contributed by atoms with Gasteiger partial charge >= 0.3 is 0 Å². The van der Waals surface area contributed by atoms with E-state index in [9.17, 15) is 0 Å². The van der Waals surface area contributed by atoms with Crippen LogP contribution in [-0.2, 0) is 0 Å². The molecule has 20 heavy (non-hydrogen) atoms. The number of benzene rings is 2. The van der Waals surface area contributed by atoms with Crippen molar-refractivity contribution in [1.29, 1.82) is 0 Å². The van der Waals surface area contributed by atoms with Gasteiger partial charge in [-0.1, -0.05) is 18.2 Å². The van der Waals surface area contributed by atoms with Crippen LogP contribution in [0.2, 0.25) is 0 Å². The molecule has 0 unspecified atom stereocenters. The fourth-order valence-electron chi connectivity index (χ4n) is 2.53. The largest absolute Gasteiger partial charge is 0.497 e. The van der Waals surface area contributed by atoms with Gasteiger partial charge in [0.25, 0.3) is 0 Å². The molecule has 0 saturated heterocycles. The van der Waals surface area contributed by atoms with Gasteiger partial charge in [-0.3, -0.25) is 0 Å². The predicted molar refractivity (Wildman–Crippen MR) is 84.4 cm³/mol. The molecule has 0 radical (unpaired) electrons. The number of rotatable bonds is 2. The lowest BCUT2D eigenvalue weighted by Crippen LogP contribution is -2.20. The molecule has 102 valence electrons. The predicted octanol–water partition coefficient (Wildman–Crippen LogP) is 3.28. The Bertz CT molecular complexity index is 649. The minimum Gasteiger partial charge on any atom is -0.497 e. The second kappa shape index (κ2) is 5.71. The zero-order valence-corrected chi connectivity index (χ0v) is 12.6. The molecule has 0 atom stereocenters. The van der Waals surface area contributed by atoms with Crippen molar-refractivity contribution in [3.05, 3.63) is 59.7 Å². The standard InChI is InChI=1S/C17H18NOS/c1-18-10-11-20-16-12-14(19-2)8-9-15(16)17(18)13-6-4-3-5-7-13/h3-9,12H,10-11H2,1-2H3/q+1. The zero-order valence-electron chi connectivity index (χ0n) is 11.8. The number of hydrogen-bond donors (Lipinski definition) is 0. The van der Waals surface area contributed by atoms with E-state index in [1.54, 1.807) is 7.11 Å². The highest BCUT2D eigenvalue weighted by Crippen LogP contribution is 2.31. The fraction of sp³-hybridized carbons (Fsp3) is 0.235. The summed E-state index contributed by atoms with van der Waals surface area (Å²) in [4.78, 5) is 1.30. The van der Waals surface area contributed by atoms with Gasteiger partial charge in [0.15, 0.2) is 6.54 Å². The maximum absolute atomic E-state index is 5.35. The molecule has 1 heterocycles. The van der Waals surface area contributed by atoms with Crippen LogP contribution in [0.1, 0.15) is 11.1 Å². The van der Waals surface area contributed by atoms with Crippen molar-refractivity contribution in [1.82, 2.24) is 0 Å². The first kappa shape index (κ1) is 13.3. The van der Waals surface area contributed by atoms with E-state index in [0.717, 1.165) is 18.0 Å². The van der Waals surface area contributed by atoms with Crippen LogP contribution in [0.25, 0.3) is 0 Å². The number of fused-ring (bicyclic) bond motifs is 1. The Hall–Kier alpha value is -1.74. The maximum atomic E-state index is 5.35. The summed E-state index contributed by atoms with van der Waals surface area (Å²) in [6.07, 6.45) is 0. The molecule has 2 aromatic carbocycles. The summed E-state index contributed by atoms with van der Waals surface area (Å²) in [6, 6.07) is 17.0. The van der Waals surface area contributed by atoms with E-state index in [0.29, 0.717) is 0 Å². The van der Waals surface area contributed by atoms with E-state index in [4.69, 9.17) is 4.74 Å². The third-order valence-electron chi connectivity index (χ3n) is 3.56. The highest BCUT2D eigenvalue weighted by Gasteiger charge is 2.23. The van der Waals surface area contributed by atoms with Gasteiger partial charge < -0.3 is 4.74 Å². The second-order valence-electron chi connectivity index (χ2n) is 4.85. The van der Waals surface area contributed by atoms with Gasteiger partial charge in [-0.2, -0.15) is 0 Å². The minimum absolute atomic E-state index is 0.924. The normalized spacial score (nSPS) is 14.7. The van der Waals surface area contributed by atoms with E-state index in [1.165, 1.54) is 21.7 Å². The van der Waals surface area contributed by atoms with Crippen LogP contribution in [0.5, 0.6) is 5.75 Å². The topological polar surface area (TPSA) is 12.2 Å². The van der Waals surface area contributed by atoms with Crippen LogP contribution in [0.15, 0.2) is 53.4 Å². The highest BCUT2D eigenvalue weighted by atomic mass is 32.2. The third kappa shape index (κ3) is 2.46. The van der Waals surface area contributed by atoms with Crippen molar-refractivity contribution < 1.29 is 9.31 Å². The van der Waals surface area contributed by atoms with E-state index < -0.39 is 0 Å². The summed E-state index contributed by atoms with van der Waals surface area (Å²) in [7, 11) is 3.89. The molecule has 0 saturated carbocycles. The summed E-state index contributed by atoms with van der Waals surface area (Å²) in [6.45, 7) is 1.05. The molecule has 0 fully saturated rings. The molecular formula is C17H18NOS+. The van der Waals surface area contributed by atoms with Crippen LogP contribution in [0.4, 0.5) is 0 Å². The Balaban J connectivity index is 2.18. The van der Waals surface area contributed by atoms with Gasteiger partial charge in [0.05, 0.1) is 18.4 Å². The molecule has 0 spiro atoms. The number of thioether (sulfide) groups is 1. The average Bonchev–Trinajstić information content (AvgIpc) is 2.65. The van der Waals surface area contributed by atoms with Crippen LogP contribution >= 0.6 is 11.8 Å². The Labute approximate surface area is 124 Å². The summed E-state index contributed by atoms with van der Waals surface area (Å²) < 4.78 is 7.70. The van der Waals surface area contributed by atoms with Crippen LogP contribution in [0.3, 0.4) is 0 Å². The smallest absolute Gasteiger partial charge is 0.215 e. The van der Waals surface area contributed by atoms with Gasteiger partial charge in [0.1, 0.15) is 12.8 Å². The molecule has 1 aliphatic heterocycles. The zero-order chi connectivity index (χ0) is 13.9. The first-order chi connectivity index (χ1) is 9.79. The average molecular weight is 284 g/mol. The molecule has 0 N–H and O–H groups in total. The van der Waals surface area contributed by atoms with Crippen LogP contribution in [-0.4, -0.2) is 36.7 Å². The second-order valence-corrected chi connectivity index (χ2v) is 5.98. The number of ether oxygens (including phenoxy) is 1. The summed E-state index contributed by atoms with van der Waals surface area (Å²) in [5.41, 5.74) is 3.86. The molecule has 0 aliphatic carbocycles. The Morgan fingerprint density at radius 3 is 2.65 bits per heavy atom. The Kier molecular flexibility index (Phi) is 3.79. The lowest BCUT2D eigenvalue weighted by Gasteiger charge is -2.09. The summed E-state index contributed by atoms with van der Waals surface area (Å²) in [5.74, 6) is 2.01. The van der Waals surface area contributed by atoms with Gasteiger partial charge in [-0.05, 0) is 30.3 Å². The molecule has 0 amide bonds. The number of nitrogens with zero attached hydrogens (tertiary/aromatic N) is 1. The maximum Gasteiger partial charge on any atom is 0.215 e. The van der Waals surface area contributed by atoms with Gasteiger partial charge in [0.2, 0.25) is 5.71 Å². The minimum atomic E-state index is 0.924. The van der Waals surface area contributed by atoms with Crippen molar-refractivity contribution in [3.8, 4) is 5.75 Å². The lowest BCUT2D eigenvalue weighted by atomic mass is 10.0. The lowest BCUT2D eigenvalue weighted by molar-refractivity contribution is -0.490. The van der Waals surface area contributed by atoms with Crippen molar-refractivity contribution in [3.63, 3.8) is 0 Å². The SMILES string of the molecule is COc1ccc2c(c1)SCC[N+](C)=C2c1ccccc1.